The second-order valence-electron chi connectivity index (χ2n) is 6.44. The van der Waals surface area contributed by atoms with E-state index in [2.05, 4.69) is 29.6 Å². The molecule has 0 bridgehead atoms. The van der Waals surface area contributed by atoms with Gasteiger partial charge < -0.3 is 15.4 Å². The Bertz CT molecular complexity index is 487. The van der Waals surface area contributed by atoms with Crippen LogP contribution in [0.4, 0.5) is 10.5 Å². The van der Waals surface area contributed by atoms with E-state index in [1.165, 1.54) is 0 Å². The van der Waals surface area contributed by atoms with E-state index in [1.54, 1.807) is 0 Å². The van der Waals surface area contributed by atoms with Crippen LogP contribution < -0.4 is 10.6 Å². The lowest BCUT2D eigenvalue weighted by molar-refractivity contribution is 0.0530. The van der Waals surface area contributed by atoms with E-state index in [0.717, 1.165) is 17.1 Å². The largest absolute Gasteiger partial charge is 0.444 e. The molecule has 0 saturated carbocycles. The van der Waals surface area contributed by atoms with Crippen LogP contribution in [-0.2, 0) is 4.74 Å². The zero-order valence-electron chi connectivity index (χ0n) is 14.2. The summed E-state index contributed by atoms with van der Waals surface area (Å²) in [6.07, 6.45) is -0.393. The quantitative estimate of drug-likeness (QED) is 0.820. The van der Waals surface area contributed by atoms with Gasteiger partial charge in [0.25, 0.3) is 0 Å². The van der Waals surface area contributed by atoms with Crippen LogP contribution >= 0.6 is 0 Å². The van der Waals surface area contributed by atoms with Gasteiger partial charge in [-0.2, -0.15) is 5.10 Å². The number of alkyl carbamates (subject to hydrolysis) is 1. The van der Waals surface area contributed by atoms with Gasteiger partial charge in [-0.3, -0.25) is 4.68 Å². The molecule has 0 unspecified atom stereocenters. The molecule has 0 spiro atoms. The zero-order chi connectivity index (χ0) is 16.2. The number of carbonyl (C=O) groups is 1. The highest BCUT2D eigenvalue weighted by Gasteiger charge is 2.16. The summed E-state index contributed by atoms with van der Waals surface area (Å²) >= 11 is 0. The molecule has 1 aromatic heterocycles. The van der Waals surface area contributed by atoms with Crippen molar-refractivity contribution >= 4 is 11.8 Å². The minimum absolute atomic E-state index is 0.333. The molecule has 0 fully saturated rings. The van der Waals surface area contributed by atoms with Crippen LogP contribution in [0.15, 0.2) is 0 Å². The summed E-state index contributed by atoms with van der Waals surface area (Å²) in [6.45, 7) is 14.9. The van der Waals surface area contributed by atoms with Crippen molar-refractivity contribution in [2.75, 3.05) is 18.4 Å². The second-order valence-corrected chi connectivity index (χ2v) is 6.44. The molecule has 0 aliphatic heterocycles. The van der Waals surface area contributed by atoms with Crippen LogP contribution in [0.2, 0.25) is 0 Å². The van der Waals surface area contributed by atoms with Gasteiger partial charge in [0, 0.05) is 19.1 Å². The average molecular weight is 296 g/mol. The Balaban J connectivity index is 2.45. The number of amides is 1. The lowest BCUT2D eigenvalue weighted by Crippen LogP contribution is -2.35. The molecule has 0 aliphatic rings. The Kier molecular flexibility index (Phi) is 5.63. The van der Waals surface area contributed by atoms with Crippen LogP contribution in [0.3, 0.4) is 0 Å². The molecule has 0 saturated heterocycles. The van der Waals surface area contributed by atoms with E-state index in [9.17, 15) is 4.79 Å². The fraction of sp³-hybridized carbons (Fsp3) is 0.733. The molecular formula is C15H28N4O2. The number of nitrogens with zero attached hydrogens (tertiary/aromatic N) is 2. The summed E-state index contributed by atoms with van der Waals surface area (Å²) in [4.78, 5) is 11.5. The highest BCUT2D eigenvalue weighted by molar-refractivity contribution is 5.67. The number of hydrogen-bond acceptors (Lipinski definition) is 4. The van der Waals surface area contributed by atoms with E-state index < -0.39 is 11.7 Å². The van der Waals surface area contributed by atoms with Gasteiger partial charge in [0.2, 0.25) is 0 Å². The van der Waals surface area contributed by atoms with Crippen molar-refractivity contribution in [2.24, 2.45) is 0 Å². The summed E-state index contributed by atoms with van der Waals surface area (Å²) in [5, 5.41) is 10.6. The number of aryl methyl sites for hydroxylation is 1. The van der Waals surface area contributed by atoms with Crippen LogP contribution in [0, 0.1) is 13.8 Å². The maximum Gasteiger partial charge on any atom is 0.407 e. The molecule has 120 valence electrons. The molecular weight excluding hydrogens is 268 g/mol. The Hall–Kier alpha value is -1.72. The summed E-state index contributed by atoms with van der Waals surface area (Å²) in [7, 11) is 0. The van der Waals surface area contributed by atoms with Gasteiger partial charge in [0.1, 0.15) is 5.60 Å². The van der Waals surface area contributed by atoms with Gasteiger partial charge in [0.15, 0.2) is 0 Å². The molecule has 1 amide bonds. The molecule has 1 heterocycles. The first-order valence-corrected chi connectivity index (χ1v) is 7.38. The molecule has 0 aromatic carbocycles. The number of rotatable bonds is 5. The summed E-state index contributed by atoms with van der Waals surface area (Å²) in [5.41, 5.74) is 2.65. The van der Waals surface area contributed by atoms with Crippen molar-refractivity contribution in [3.63, 3.8) is 0 Å². The molecule has 6 heteroatoms. The van der Waals surface area contributed by atoms with Crippen molar-refractivity contribution in [3.8, 4) is 0 Å². The fourth-order valence-corrected chi connectivity index (χ4v) is 2.09. The highest BCUT2D eigenvalue weighted by atomic mass is 16.6. The van der Waals surface area contributed by atoms with E-state index in [0.29, 0.717) is 19.1 Å². The molecule has 0 atom stereocenters. The lowest BCUT2D eigenvalue weighted by Gasteiger charge is -2.19. The highest BCUT2D eigenvalue weighted by Crippen LogP contribution is 2.21. The number of carbonyl (C=O) groups excluding carboxylic acids is 1. The fourth-order valence-electron chi connectivity index (χ4n) is 2.09. The van der Waals surface area contributed by atoms with E-state index in [4.69, 9.17) is 4.74 Å². The van der Waals surface area contributed by atoms with E-state index in [-0.39, 0.29) is 0 Å². The van der Waals surface area contributed by atoms with Gasteiger partial charge >= 0.3 is 6.09 Å². The normalized spacial score (nSPS) is 11.6. The van der Waals surface area contributed by atoms with Crippen molar-refractivity contribution in [2.45, 2.75) is 60.1 Å². The second kappa shape index (κ2) is 6.83. The molecule has 1 rings (SSSR count). The van der Waals surface area contributed by atoms with Gasteiger partial charge in [0.05, 0.1) is 17.1 Å². The predicted octanol–water partition coefficient (Wildman–Crippen LogP) is 3.02. The van der Waals surface area contributed by atoms with Gasteiger partial charge in [-0.25, -0.2) is 4.79 Å². The molecule has 1 aromatic rings. The Morgan fingerprint density at radius 2 is 1.90 bits per heavy atom. The number of aromatic nitrogens is 2. The smallest absolute Gasteiger partial charge is 0.407 e. The van der Waals surface area contributed by atoms with Crippen LogP contribution in [0.1, 0.15) is 52.0 Å². The van der Waals surface area contributed by atoms with Crippen molar-refractivity contribution < 1.29 is 9.53 Å². The minimum Gasteiger partial charge on any atom is -0.444 e. The maximum absolute atomic E-state index is 11.5. The van der Waals surface area contributed by atoms with Gasteiger partial charge in [-0.05, 0) is 48.5 Å². The average Bonchev–Trinajstić information content (AvgIpc) is 2.59. The molecule has 21 heavy (non-hydrogen) atoms. The van der Waals surface area contributed by atoms with Crippen LogP contribution in [-0.4, -0.2) is 34.6 Å². The van der Waals surface area contributed by atoms with Gasteiger partial charge in [-0.1, -0.05) is 0 Å². The zero-order valence-corrected chi connectivity index (χ0v) is 14.2. The maximum atomic E-state index is 11.5. The van der Waals surface area contributed by atoms with Crippen molar-refractivity contribution in [1.29, 1.82) is 0 Å². The Morgan fingerprint density at radius 3 is 2.38 bits per heavy atom. The molecule has 0 aliphatic carbocycles. The van der Waals surface area contributed by atoms with Crippen molar-refractivity contribution in [1.82, 2.24) is 15.1 Å². The third-order valence-corrected chi connectivity index (χ3v) is 2.91. The number of hydrogen-bond donors (Lipinski definition) is 2. The minimum atomic E-state index is -0.469. The topological polar surface area (TPSA) is 68.2 Å². The predicted molar refractivity (Wildman–Crippen MR) is 84.8 cm³/mol. The number of ether oxygens (including phenoxy) is 1. The molecule has 0 radical (unpaired) electrons. The Morgan fingerprint density at radius 1 is 1.29 bits per heavy atom. The van der Waals surface area contributed by atoms with E-state index in [1.807, 2.05) is 39.3 Å². The summed E-state index contributed by atoms with van der Waals surface area (Å²) in [6, 6.07) is 0.333. The lowest BCUT2D eigenvalue weighted by atomic mass is 10.2. The molecule has 6 nitrogen and oxygen atoms in total. The summed E-state index contributed by atoms with van der Waals surface area (Å²) < 4.78 is 7.18. The SMILES string of the molecule is Cc1nn(C(C)C)c(C)c1NCCNC(=O)OC(C)(C)C. The first-order chi connectivity index (χ1) is 9.61. The van der Waals surface area contributed by atoms with Gasteiger partial charge in [-0.15, -0.1) is 0 Å². The first-order valence-electron chi connectivity index (χ1n) is 7.38. The third kappa shape index (κ3) is 5.28. The van der Waals surface area contributed by atoms with E-state index >= 15 is 0 Å². The van der Waals surface area contributed by atoms with Crippen molar-refractivity contribution in [3.05, 3.63) is 11.4 Å². The monoisotopic (exact) mass is 296 g/mol. The van der Waals surface area contributed by atoms with Crippen LogP contribution in [0.25, 0.3) is 0 Å². The summed E-state index contributed by atoms with van der Waals surface area (Å²) in [5.74, 6) is 0. The standard InChI is InChI=1S/C15H28N4O2/c1-10(2)19-12(4)13(11(3)18-19)16-8-9-17-14(20)21-15(5,6)7/h10,16H,8-9H2,1-7H3,(H,17,20). The first kappa shape index (κ1) is 17.3. The van der Waals surface area contributed by atoms with Crippen LogP contribution in [0.5, 0.6) is 0 Å². The molecule has 2 N–H and O–H groups in total. The number of anilines is 1. The number of nitrogens with one attached hydrogen (secondary N) is 2. The Labute approximate surface area is 127 Å². The third-order valence-electron chi connectivity index (χ3n) is 2.91.